The lowest BCUT2D eigenvalue weighted by Gasteiger charge is -2.37. The van der Waals surface area contributed by atoms with Crippen LogP contribution in [0.25, 0.3) is 22.3 Å². The van der Waals surface area contributed by atoms with Crippen molar-refractivity contribution in [2.75, 3.05) is 49.6 Å². The highest BCUT2D eigenvalue weighted by Gasteiger charge is 2.32. The molecule has 0 bridgehead atoms. The summed E-state index contributed by atoms with van der Waals surface area (Å²) in [6.45, 7) is 3.17. The number of ether oxygens (including phenoxy) is 1. The number of phenols is 1. The summed E-state index contributed by atoms with van der Waals surface area (Å²) in [4.78, 5) is 53.9. The van der Waals surface area contributed by atoms with Crippen LogP contribution in [0.4, 0.5) is 24.5 Å². The molecular weight excluding hydrogens is 705 g/mol. The van der Waals surface area contributed by atoms with Gasteiger partial charge in [0, 0.05) is 37.8 Å². The maximum atomic E-state index is 14.2. The van der Waals surface area contributed by atoms with E-state index in [1.54, 1.807) is 33.9 Å². The van der Waals surface area contributed by atoms with Crippen LogP contribution < -0.4 is 15.8 Å². The molecule has 0 unspecified atom stereocenters. The molecule has 270 valence electrons. The van der Waals surface area contributed by atoms with Gasteiger partial charge in [-0.15, -0.1) is 5.10 Å². The topological polar surface area (TPSA) is 147 Å². The van der Waals surface area contributed by atoms with Crippen molar-refractivity contribution in [3.63, 3.8) is 0 Å². The normalized spacial score (nSPS) is 15.3. The van der Waals surface area contributed by atoms with E-state index in [9.17, 15) is 32.7 Å². The van der Waals surface area contributed by atoms with Crippen LogP contribution in [0.1, 0.15) is 40.8 Å². The van der Waals surface area contributed by atoms with Gasteiger partial charge in [0.05, 0.1) is 40.7 Å². The molecule has 0 spiro atoms. The van der Waals surface area contributed by atoms with Crippen molar-refractivity contribution in [3.05, 3.63) is 92.8 Å². The molecule has 0 atom stereocenters. The summed E-state index contributed by atoms with van der Waals surface area (Å²) in [5, 5.41) is 18.2. The minimum Gasteiger partial charge on any atom is -0.507 e. The van der Waals surface area contributed by atoms with Gasteiger partial charge in [-0.25, -0.2) is 0 Å². The Hall–Kier alpha value is -5.48. The Balaban J connectivity index is 1.22. The van der Waals surface area contributed by atoms with Gasteiger partial charge < -0.3 is 29.5 Å². The van der Waals surface area contributed by atoms with Crippen LogP contribution in [0.5, 0.6) is 5.75 Å². The van der Waals surface area contributed by atoms with Crippen LogP contribution in [-0.2, 0) is 28.7 Å². The molecular formula is C35H32ClF3N8O5. The highest BCUT2D eigenvalue weighted by Crippen LogP contribution is 2.34. The van der Waals surface area contributed by atoms with E-state index >= 15 is 0 Å². The lowest BCUT2D eigenvalue weighted by atomic mass is 10.1. The molecule has 2 N–H and O–H groups in total. The molecule has 2 aliphatic heterocycles. The van der Waals surface area contributed by atoms with Crippen molar-refractivity contribution < 1.29 is 32.6 Å². The molecule has 0 aliphatic carbocycles. The van der Waals surface area contributed by atoms with Gasteiger partial charge in [0.25, 0.3) is 11.5 Å². The van der Waals surface area contributed by atoms with Gasteiger partial charge in [0.15, 0.2) is 5.82 Å². The highest BCUT2D eigenvalue weighted by atomic mass is 35.5. The summed E-state index contributed by atoms with van der Waals surface area (Å²) in [6.07, 6.45) is -0.421. The van der Waals surface area contributed by atoms with Crippen LogP contribution in [0.2, 0.25) is 5.02 Å². The number of aromatic hydroxyl groups is 1. The largest absolute Gasteiger partial charge is 0.507 e. The second-order valence-corrected chi connectivity index (χ2v) is 12.7. The average molecular weight is 737 g/mol. The first-order valence-corrected chi connectivity index (χ1v) is 16.9. The van der Waals surface area contributed by atoms with E-state index in [0.717, 1.165) is 28.3 Å². The maximum Gasteiger partial charge on any atom is 0.416 e. The number of rotatable bonds is 7. The van der Waals surface area contributed by atoms with Crippen molar-refractivity contribution in [2.45, 2.75) is 32.5 Å². The second kappa shape index (κ2) is 13.9. The second-order valence-electron chi connectivity index (χ2n) is 12.3. The zero-order valence-electron chi connectivity index (χ0n) is 27.8. The molecule has 1 fully saturated rings. The first-order valence-electron chi connectivity index (χ1n) is 16.5. The number of aromatic nitrogens is 5. The van der Waals surface area contributed by atoms with Crippen LogP contribution >= 0.6 is 11.6 Å². The number of nitrogens with one attached hydrogen (secondary N) is 1. The standard InChI is InChI=1S/C35H32ClF3N8O5/c1-2-25-30(44-12-14-45(15-13-44)32(50)28-26(48)8-5-20-4-3-11-40-29(20)28)33(51)47-34(42-31(43-47)21-9-16-52-17-10-21)46(25)19-27(49)41-24-7-6-22(18-23(24)36)35(37,38)39/h3-9,11,18,48H,2,10,12-17,19H2,1H3,(H,41,49). The van der Waals surface area contributed by atoms with Crippen LogP contribution in [0.15, 0.2) is 59.5 Å². The summed E-state index contributed by atoms with van der Waals surface area (Å²) in [6, 6.07) is 9.33. The number of carbonyl (C=O) groups is 2. The van der Waals surface area contributed by atoms with E-state index < -0.39 is 29.1 Å². The van der Waals surface area contributed by atoms with Crippen molar-refractivity contribution in [3.8, 4) is 5.75 Å². The van der Waals surface area contributed by atoms with Crippen molar-refractivity contribution >= 4 is 57.0 Å². The third-order valence-corrected chi connectivity index (χ3v) is 9.45. The number of halogens is 4. The summed E-state index contributed by atoms with van der Waals surface area (Å²) in [5.74, 6) is -0.790. The predicted octanol–water partition coefficient (Wildman–Crippen LogP) is 4.78. The van der Waals surface area contributed by atoms with Crippen molar-refractivity contribution in [2.24, 2.45) is 0 Å². The van der Waals surface area contributed by atoms with E-state index in [4.69, 9.17) is 16.3 Å². The van der Waals surface area contributed by atoms with Gasteiger partial charge in [0.1, 0.15) is 23.5 Å². The first kappa shape index (κ1) is 34.9. The van der Waals surface area contributed by atoms with E-state index in [0.29, 0.717) is 48.5 Å². The number of fused-ring (bicyclic) bond motifs is 2. The zero-order chi connectivity index (χ0) is 36.7. The third-order valence-electron chi connectivity index (χ3n) is 9.13. The molecule has 5 aromatic rings. The molecule has 2 amide bonds. The number of carbonyl (C=O) groups excluding carboxylic acids is 2. The number of anilines is 2. The lowest BCUT2D eigenvalue weighted by Crippen LogP contribution is -2.51. The maximum absolute atomic E-state index is 14.2. The first-order chi connectivity index (χ1) is 24.9. The van der Waals surface area contributed by atoms with Gasteiger partial charge in [-0.3, -0.25) is 19.4 Å². The Morgan fingerprint density at radius 1 is 1.10 bits per heavy atom. The van der Waals surface area contributed by atoms with E-state index in [-0.39, 0.29) is 66.2 Å². The molecule has 5 heterocycles. The number of piperazine rings is 1. The minimum atomic E-state index is -4.61. The fourth-order valence-electron chi connectivity index (χ4n) is 6.56. The summed E-state index contributed by atoms with van der Waals surface area (Å²) >= 11 is 6.13. The molecule has 13 nitrogen and oxygen atoms in total. The Labute approximate surface area is 298 Å². The molecule has 2 aromatic carbocycles. The summed E-state index contributed by atoms with van der Waals surface area (Å²) < 4.78 is 47.8. The summed E-state index contributed by atoms with van der Waals surface area (Å²) in [7, 11) is 0. The monoisotopic (exact) mass is 736 g/mol. The van der Waals surface area contributed by atoms with E-state index in [2.05, 4.69) is 20.4 Å². The lowest BCUT2D eigenvalue weighted by molar-refractivity contribution is -0.137. The molecule has 0 radical (unpaired) electrons. The van der Waals surface area contributed by atoms with Crippen molar-refractivity contribution in [1.29, 1.82) is 0 Å². The smallest absolute Gasteiger partial charge is 0.416 e. The highest BCUT2D eigenvalue weighted by molar-refractivity contribution is 6.33. The number of alkyl halides is 3. The number of amides is 2. The van der Waals surface area contributed by atoms with Gasteiger partial charge in [-0.2, -0.15) is 22.7 Å². The number of nitrogens with zero attached hydrogens (tertiary/aromatic N) is 7. The van der Waals surface area contributed by atoms with Gasteiger partial charge in [0.2, 0.25) is 11.7 Å². The van der Waals surface area contributed by atoms with E-state index in [1.807, 2.05) is 17.9 Å². The molecule has 2 aliphatic rings. The zero-order valence-corrected chi connectivity index (χ0v) is 28.5. The Morgan fingerprint density at radius 2 is 1.88 bits per heavy atom. The minimum absolute atomic E-state index is 0.0160. The van der Waals surface area contributed by atoms with Crippen LogP contribution in [-0.4, -0.2) is 85.4 Å². The number of hydrogen-bond acceptors (Lipinski definition) is 9. The molecule has 17 heteroatoms. The molecule has 1 saturated heterocycles. The number of hydrogen-bond donors (Lipinski definition) is 2. The molecule has 52 heavy (non-hydrogen) atoms. The average Bonchev–Trinajstić information content (AvgIpc) is 3.59. The van der Waals surface area contributed by atoms with Gasteiger partial charge in [-0.05, 0) is 54.8 Å². The Morgan fingerprint density at radius 3 is 2.58 bits per heavy atom. The molecule has 7 rings (SSSR count). The van der Waals surface area contributed by atoms with Crippen LogP contribution in [0.3, 0.4) is 0 Å². The van der Waals surface area contributed by atoms with Gasteiger partial charge >= 0.3 is 6.18 Å². The summed E-state index contributed by atoms with van der Waals surface area (Å²) in [5.41, 5.74) is 0.571. The predicted molar refractivity (Wildman–Crippen MR) is 187 cm³/mol. The number of pyridine rings is 1. The number of phenolic OH excluding ortho intramolecular Hbond substituents is 1. The Bertz CT molecular complexity index is 2310. The number of benzene rings is 2. The van der Waals surface area contributed by atoms with Gasteiger partial charge in [-0.1, -0.05) is 30.7 Å². The molecule has 3 aromatic heterocycles. The van der Waals surface area contributed by atoms with Crippen LogP contribution in [0, 0.1) is 0 Å². The van der Waals surface area contributed by atoms with Crippen molar-refractivity contribution in [1.82, 2.24) is 29.0 Å². The third kappa shape index (κ3) is 6.54. The quantitative estimate of drug-likeness (QED) is 0.241. The fourth-order valence-corrected chi connectivity index (χ4v) is 6.79. The van der Waals surface area contributed by atoms with E-state index in [1.165, 1.54) is 6.07 Å². The Kier molecular flexibility index (Phi) is 9.35. The molecule has 0 saturated carbocycles. The fraction of sp³-hybridized carbons (Fsp3) is 0.314. The SMILES string of the molecule is CCc1c(N2CCN(C(=O)c3c(O)ccc4cccnc34)CC2)c(=O)n2nc(C3=CCOCC3)nc2n1CC(=O)Nc1ccc(C(F)(F)F)cc1Cl.